The van der Waals surface area contributed by atoms with Crippen LogP contribution in [-0.2, 0) is 9.59 Å². The molecule has 0 saturated heterocycles. The van der Waals surface area contributed by atoms with Crippen molar-refractivity contribution in [2.24, 2.45) is 5.41 Å². The van der Waals surface area contributed by atoms with Crippen LogP contribution in [0.25, 0.3) is 0 Å². The third-order valence-corrected chi connectivity index (χ3v) is 5.37. The van der Waals surface area contributed by atoms with Gasteiger partial charge >= 0.3 is 0 Å². The molecule has 0 N–H and O–H groups in total. The summed E-state index contributed by atoms with van der Waals surface area (Å²) in [6.07, 6.45) is 22.1. The molecule has 0 bridgehead atoms. The Morgan fingerprint density at radius 3 is 2.29 bits per heavy atom. The Morgan fingerprint density at radius 1 is 1.03 bits per heavy atom. The molecule has 0 saturated carbocycles. The number of hydrogen-bond acceptors (Lipinski definition) is 2. The smallest absolute Gasteiger partial charge is 0.189 e. The third kappa shape index (κ3) is 8.33. The first-order chi connectivity index (χ1) is 14.7. The van der Waals surface area contributed by atoms with Crippen molar-refractivity contribution < 1.29 is 9.59 Å². The maximum absolute atomic E-state index is 13.1. The minimum Gasteiger partial charge on any atom is -0.289 e. The van der Waals surface area contributed by atoms with Gasteiger partial charge in [-0.3, -0.25) is 9.59 Å². The molecule has 164 valence electrons. The fraction of sp³-hybridized carbons (Fsp3) is 0.310. The third-order valence-electron chi connectivity index (χ3n) is 5.37. The highest BCUT2D eigenvalue weighted by Gasteiger charge is 2.27. The Labute approximate surface area is 188 Å². The van der Waals surface area contributed by atoms with Crippen LogP contribution in [0.1, 0.15) is 53.9 Å². The van der Waals surface area contributed by atoms with Gasteiger partial charge in [0.05, 0.1) is 5.57 Å². The predicted octanol–water partition coefficient (Wildman–Crippen LogP) is 7.51. The Bertz CT molecular complexity index is 922. The molecule has 0 radical (unpaired) electrons. The molecule has 0 unspecified atom stereocenters. The quantitative estimate of drug-likeness (QED) is 0.160. The Kier molecular flexibility index (Phi) is 10.6. The zero-order chi connectivity index (χ0) is 23.4. The molecule has 31 heavy (non-hydrogen) atoms. The second kappa shape index (κ2) is 12.6. The molecule has 2 nitrogen and oxygen atoms in total. The number of rotatable bonds is 10. The lowest BCUT2D eigenvalue weighted by Crippen LogP contribution is -2.19. The molecule has 1 aliphatic rings. The number of allylic oxidation sites excluding steroid dienone is 16. The van der Waals surface area contributed by atoms with Gasteiger partial charge in [0.1, 0.15) is 0 Å². The summed E-state index contributed by atoms with van der Waals surface area (Å²) in [5.74, 6) is -0.634. The van der Waals surface area contributed by atoms with Crippen molar-refractivity contribution in [1.82, 2.24) is 0 Å². The second-order valence-corrected chi connectivity index (χ2v) is 8.43. The number of hydrogen-bond donors (Lipinski definition) is 0. The van der Waals surface area contributed by atoms with Crippen molar-refractivity contribution in [2.75, 3.05) is 0 Å². The van der Waals surface area contributed by atoms with E-state index in [-0.39, 0.29) is 22.6 Å². The van der Waals surface area contributed by atoms with E-state index in [0.717, 1.165) is 30.4 Å². The van der Waals surface area contributed by atoms with E-state index >= 15 is 0 Å². The van der Waals surface area contributed by atoms with Gasteiger partial charge in [0.15, 0.2) is 11.6 Å². The van der Waals surface area contributed by atoms with Gasteiger partial charge in [-0.2, -0.15) is 0 Å². The molecule has 0 aromatic heterocycles. The fourth-order valence-corrected chi connectivity index (χ4v) is 3.64. The van der Waals surface area contributed by atoms with Crippen molar-refractivity contribution in [3.05, 3.63) is 108 Å². The Morgan fingerprint density at radius 2 is 1.71 bits per heavy atom. The van der Waals surface area contributed by atoms with Crippen LogP contribution in [0.5, 0.6) is 0 Å². The van der Waals surface area contributed by atoms with Gasteiger partial charge in [-0.15, -0.1) is 0 Å². The summed E-state index contributed by atoms with van der Waals surface area (Å²) >= 11 is 0. The van der Waals surface area contributed by atoms with Gasteiger partial charge in [-0.05, 0) is 74.8 Å². The summed E-state index contributed by atoms with van der Waals surface area (Å²) in [6.45, 7) is 17.7. The van der Waals surface area contributed by atoms with Crippen molar-refractivity contribution in [3.63, 3.8) is 0 Å². The standard InChI is InChI=1S/C29H36O2/c1-8-11-14-22(4)21-25(27(30)18-16-24(10-3)13-9-2)28(31)19-17-26-23(5)15-12-20-29(26,6)7/h8-11,13-14,16-19,21H,2-3,12,15,20H2,1,4-7H3/b11-8-,18-16+,19-17+,22-14+,24-13+,25-21-. The molecule has 0 aromatic rings. The molecule has 1 aliphatic carbocycles. The lowest BCUT2D eigenvalue weighted by molar-refractivity contribution is -0.116. The first-order valence-corrected chi connectivity index (χ1v) is 10.8. The maximum Gasteiger partial charge on any atom is 0.189 e. The van der Waals surface area contributed by atoms with Crippen molar-refractivity contribution >= 4 is 11.6 Å². The summed E-state index contributed by atoms with van der Waals surface area (Å²) in [7, 11) is 0. The van der Waals surface area contributed by atoms with E-state index in [1.54, 1.807) is 36.5 Å². The van der Waals surface area contributed by atoms with Crippen LogP contribution in [0.15, 0.2) is 108 Å². The van der Waals surface area contributed by atoms with Crippen LogP contribution in [0.3, 0.4) is 0 Å². The Balaban J connectivity index is 3.32. The van der Waals surface area contributed by atoms with Crippen LogP contribution in [0, 0.1) is 5.41 Å². The molecule has 0 atom stereocenters. The second-order valence-electron chi connectivity index (χ2n) is 8.43. The summed E-state index contributed by atoms with van der Waals surface area (Å²) < 4.78 is 0. The van der Waals surface area contributed by atoms with Gasteiger partial charge in [0.25, 0.3) is 0 Å². The average molecular weight is 417 g/mol. The molecular weight excluding hydrogens is 380 g/mol. The van der Waals surface area contributed by atoms with Crippen LogP contribution in [-0.4, -0.2) is 11.6 Å². The maximum atomic E-state index is 13.1. The van der Waals surface area contributed by atoms with E-state index in [2.05, 4.69) is 33.9 Å². The van der Waals surface area contributed by atoms with E-state index < -0.39 is 0 Å². The van der Waals surface area contributed by atoms with Gasteiger partial charge in [0, 0.05) is 0 Å². The molecule has 0 aromatic carbocycles. The SMILES string of the molecule is C=C/C=C(C=C)/C=C/C(=O)/C(=C/C(C)=C/C=C\C)C(=O)/C=C/C1=C(C)CCCC1(C)C. The predicted molar refractivity (Wildman–Crippen MR) is 134 cm³/mol. The van der Waals surface area contributed by atoms with E-state index in [1.807, 2.05) is 38.2 Å². The molecule has 0 spiro atoms. The van der Waals surface area contributed by atoms with Crippen molar-refractivity contribution in [3.8, 4) is 0 Å². The molecule has 1 rings (SSSR count). The lowest BCUT2D eigenvalue weighted by atomic mass is 9.72. The normalized spacial score (nSPS) is 18.3. The summed E-state index contributed by atoms with van der Waals surface area (Å²) in [6, 6.07) is 0. The largest absolute Gasteiger partial charge is 0.289 e. The summed E-state index contributed by atoms with van der Waals surface area (Å²) in [5.41, 5.74) is 4.25. The minimum atomic E-state index is -0.340. The average Bonchev–Trinajstić information content (AvgIpc) is 2.72. The van der Waals surface area contributed by atoms with E-state index in [0.29, 0.717) is 0 Å². The molecule has 0 fully saturated rings. The number of carbonyl (C=O) groups excluding carboxylic acids is 2. The van der Waals surface area contributed by atoms with E-state index in [4.69, 9.17) is 0 Å². The first-order valence-electron chi connectivity index (χ1n) is 10.8. The number of carbonyl (C=O) groups is 2. The van der Waals surface area contributed by atoms with Crippen LogP contribution < -0.4 is 0 Å². The Hall–Kier alpha value is -3.00. The van der Waals surface area contributed by atoms with Gasteiger partial charge < -0.3 is 0 Å². The molecule has 0 heterocycles. The monoisotopic (exact) mass is 416 g/mol. The fourth-order valence-electron chi connectivity index (χ4n) is 3.64. The van der Waals surface area contributed by atoms with Crippen molar-refractivity contribution in [1.29, 1.82) is 0 Å². The van der Waals surface area contributed by atoms with Crippen LogP contribution in [0.2, 0.25) is 0 Å². The topological polar surface area (TPSA) is 34.1 Å². The number of ketones is 2. The molecular formula is C29H36O2. The van der Waals surface area contributed by atoms with E-state index in [1.165, 1.54) is 17.2 Å². The van der Waals surface area contributed by atoms with Crippen molar-refractivity contribution in [2.45, 2.75) is 53.9 Å². The zero-order valence-electron chi connectivity index (χ0n) is 19.7. The van der Waals surface area contributed by atoms with Gasteiger partial charge in [-0.1, -0.05) is 86.8 Å². The lowest BCUT2D eigenvalue weighted by Gasteiger charge is -2.32. The summed E-state index contributed by atoms with van der Waals surface area (Å²) in [4.78, 5) is 26.0. The zero-order valence-corrected chi connectivity index (χ0v) is 19.7. The highest BCUT2D eigenvalue weighted by atomic mass is 16.1. The van der Waals surface area contributed by atoms with Gasteiger partial charge in [-0.25, -0.2) is 0 Å². The minimum absolute atomic E-state index is 0.0307. The van der Waals surface area contributed by atoms with Crippen LogP contribution >= 0.6 is 0 Å². The highest BCUT2D eigenvalue weighted by molar-refractivity contribution is 6.27. The van der Waals surface area contributed by atoms with E-state index in [9.17, 15) is 9.59 Å². The molecule has 0 aliphatic heterocycles. The van der Waals surface area contributed by atoms with Gasteiger partial charge in [0.2, 0.25) is 0 Å². The highest BCUT2D eigenvalue weighted by Crippen LogP contribution is 2.40. The first kappa shape index (κ1) is 26.0. The summed E-state index contributed by atoms with van der Waals surface area (Å²) in [5, 5.41) is 0. The molecule has 2 heteroatoms. The molecule has 0 amide bonds. The van der Waals surface area contributed by atoms with Crippen LogP contribution in [0.4, 0.5) is 0 Å².